The van der Waals surface area contributed by atoms with E-state index in [1.165, 1.54) is 0 Å². The minimum Gasteiger partial charge on any atom is -0.507 e. The highest BCUT2D eigenvalue weighted by Crippen LogP contribution is 2.25. The molecule has 0 spiro atoms. The van der Waals surface area contributed by atoms with Crippen LogP contribution in [0.5, 0.6) is 5.75 Å². The van der Waals surface area contributed by atoms with E-state index in [4.69, 9.17) is 0 Å². The molecule has 1 aliphatic heterocycles. The molecule has 18 heavy (non-hydrogen) atoms. The highest BCUT2D eigenvalue weighted by Gasteiger charge is 2.30. The van der Waals surface area contributed by atoms with E-state index < -0.39 is 9.84 Å². The first kappa shape index (κ1) is 13.8. The van der Waals surface area contributed by atoms with Crippen LogP contribution in [-0.2, 0) is 16.4 Å². The zero-order valence-electron chi connectivity index (χ0n) is 10.1. The van der Waals surface area contributed by atoms with Gasteiger partial charge in [-0.25, -0.2) is 8.42 Å². The van der Waals surface area contributed by atoms with Gasteiger partial charge in [0, 0.05) is 12.6 Å². The second-order valence-corrected chi connectivity index (χ2v) is 7.84. The topological polar surface area (TPSA) is 57.6 Å². The van der Waals surface area contributed by atoms with Crippen molar-refractivity contribution in [1.29, 1.82) is 0 Å². The molecular formula is C12H16BrNO3S. The maximum Gasteiger partial charge on any atom is 0.151 e. The van der Waals surface area contributed by atoms with E-state index in [1.807, 2.05) is 19.2 Å². The molecule has 100 valence electrons. The van der Waals surface area contributed by atoms with Crippen molar-refractivity contribution in [1.82, 2.24) is 4.90 Å². The maximum absolute atomic E-state index is 11.4. The molecule has 1 aromatic carbocycles. The predicted octanol–water partition coefficient (Wildman–Crippen LogP) is 1.77. The molecule has 1 atom stereocenters. The number of hydrogen-bond acceptors (Lipinski definition) is 4. The summed E-state index contributed by atoms with van der Waals surface area (Å²) < 4.78 is 23.5. The summed E-state index contributed by atoms with van der Waals surface area (Å²) in [5, 5.41) is 9.42. The van der Waals surface area contributed by atoms with Crippen LogP contribution in [0.15, 0.2) is 22.7 Å². The van der Waals surface area contributed by atoms with Crippen LogP contribution in [0.2, 0.25) is 0 Å². The molecule has 1 unspecified atom stereocenters. The van der Waals surface area contributed by atoms with Crippen molar-refractivity contribution in [3.63, 3.8) is 0 Å². The van der Waals surface area contributed by atoms with Gasteiger partial charge in [0.05, 0.1) is 16.0 Å². The number of phenols is 1. The highest BCUT2D eigenvalue weighted by molar-refractivity contribution is 9.10. The number of nitrogens with zero attached hydrogens (tertiary/aromatic N) is 1. The molecule has 0 radical (unpaired) electrons. The lowest BCUT2D eigenvalue weighted by atomic mass is 10.1. The van der Waals surface area contributed by atoms with Gasteiger partial charge >= 0.3 is 0 Å². The molecule has 0 saturated carbocycles. The van der Waals surface area contributed by atoms with Crippen molar-refractivity contribution in [3.05, 3.63) is 28.2 Å². The fourth-order valence-corrected chi connectivity index (χ4v) is 4.42. The van der Waals surface area contributed by atoms with Crippen molar-refractivity contribution < 1.29 is 13.5 Å². The van der Waals surface area contributed by atoms with Gasteiger partial charge in [-0.15, -0.1) is 0 Å². The first-order chi connectivity index (χ1) is 8.37. The second-order valence-electron chi connectivity index (χ2n) is 4.76. The summed E-state index contributed by atoms with van der Waals surface area (Å²) in [6, 6.07) is 5.44. The molecule has 1 fully saturated rings. The molecule has 4 nitrogen and oxygen atoms in total. The van der Waals surface area contributed by atoms with Gasteiger partial charge in [0.2, 0.25) is 0 Å². The second kappa shape index (κ2) is 5.19. The Hall–Kier alpha value is -0.590. The predicted molar refractivity (Wildman–Crippen MR) is 74.3 cm³/mol. The van der Waals surface area contributed by atoms with Crippen LogP contribution in [0, 0.1) is 0 Å². The lowest BCUT2D eigenvalue weighted by Gasteiger charge is -2.23. The number of rotatable bonds is 3. The molecule has 0 aromatic heterocycles. The van der Waals surface area contributed by atoms with Gasteiger partial charge in [-0.1, -0.05) is 6.07 Å². The Balaban J connectivity index is 2.03. The quantitative estimate of drug-likeness (QED) is 0.915. The fraction of sp³-hybridized carbons (Fsp3) is 0.500. The lowest BCUT2D eigenvalue weighted by molar-refractivity contribution is 0.254. The molecule has 0 bridgehead atoms. The first-order valence-corrected chi connectivity index (χ1v) is 8.37. The van der Waals surface area contributed by atoms with Crippen LogP contribution in [0.3, 0.4) is 0 Å². The van der Waals surface area contributed by atoms with E-state index in [9.17, 15) is 13.5 Å². The average molecular weight is 334 g/mol. The zero-order chi connectivity index (χ0) is 13.3. The van der Waals surface area contributed by atoms with Crippen molar-refractivity contribution in [2.24, 2.45) is 0 Å². The highest BCUT2D eigenvalue weighted by atomic mass is 79.9. The number of halogens is 1. The molecule has 1 aliphatic rings. The van der Waals surface area contributed by atoms with E-state index >= 15 is 0 Å². The molecule has 0 amide bonds. The van der Waals surface area contributed by atoms with Gasteiger partial charge in [-0.05, 0) is 47.1 Å². The normalized spacial score (nSPS) is 22.5. The van der Waals surface area contributed by atoms with Crippen molar-refractivity contribution in [2.75, 3.05) is 18.6 Å². The van der Waals surface area contributed by atoms with Crippen molar-refractivity contribution >= 4 is 25.8 Å². The number of aromatic hydroxyl groups is 1. The molecule has 6 heteroatoms. The molecular weight excluding hydrogens is 318 g/mol. The molecule has 0 aliphatic carbocycles. The van der Waals surface area contributed by atoms with Crippen molar-refractivity contribution in [3.8, 4) is 5.75 Å². The Morgan fingerprint density at radius 3 is 2.78 bits per heavy atom. The Morgan fingerprint density at radius 1 is 1.50 bits per heavy atom. The number of hydrogen-bond donors (Lipinski definition) is 1. The monoisotopic (exact) mass is 333 g/mol. The van der Waals surface area contributed by atoms with E-state index in [0.717, 1.165) is 5.56 Å². The number of phenolic OH excluding ortho intramolecular Hbond substituents is 1. The summed E-state index contributed by atoms with van der Waals surface area (Å²) in [6.07, 6.45) is 0.706. The lowest BCUT2D eigenvalue weighted by Crippen LogP contribution is -2.32. The van der Waals surface area contributed by atoms with E-state index in [1.54, 1.807) is 6.07 Å². The van der Waals surface area contributed by atoms with Gasteiger partial charge in [0.1, 0.15) is 5.75 Å². The Morgan fingerprint density at radius 2 is 2.22 bits per heavy atom. The average Bonchev–Trinajstić information content (AvgIpc) is 2.64. The van der Waals surface area contributed by atoms with Crippen LogP contribution in [0.4, 0.5) is 0 Å². The Labute approximate surface area is 116 Å². The van der Waals surface area contributed by atoms with Crippen LogP contribution in [-0.4, -0.2) is 43.0 Å². The van der Waals surface area contributed by atoms with Gasteiger partial charge in [-0.2, -0.15) is 0 Å². The molecule has 2 rings (SSSR count). The van der Waals surface area contributed by atoms with Gasteiger partial charge in [0.25, 0.3) is 0 Å². The van der Waals surface area contributed by atoms with Crippen LogP contribution < -0.4 is 0 Å². The van der Waals surface area contributed by atoms with E-state index in [2.05, 4.69) is 20.8 Å². The minimum absolute atomic E-state index is 0.0996. The number of benzene rings is 1. The largest absolute Gasteiger partial charge is 0.507 e. The maximum atomic E-state index is 11.4. The molecule has 1 N–H and O–H groups in total. The molecule has 1 aromatic rings. The Kier molecular flexibility index (Phi) is 3.99. The summed E-state index contributed by atoms with van der Waals surface area (Å²) in [5.41, 5.74) is 1.05. The summed E-state index contributed by atoms with van der Waals surface area (Å²) in [7, 11) is -0.902. The molecule has 1 saturated heterocycles. The summed E-state index contributed by atoms with van der Waals surface area (Å²) in [6.45, 7) is 0.680. The summed E-state index contributed by atoms with van der Waals surface area (Å²) in [5.74, 6) is 0.758. The summed E-state index contributed by atoms with van der Waals surface area (Å²) >= 11 is 3.27. The standard InChI is InChI=1S/C12H16BrNO3S/c1-14(10-4-5-18(16,17)8-10)7-9-2-3-12(15)11(13)6-9/h2-3,6,10,15H,4-5,7-8H2,1H3. The Bertz CT molecular complexity index is 544. The van der Waals surface area contributed by atoms with Gasteiger partial charge < -0.3 is 5.11 Å². The summed E-state index contributed by atoms with van der Waals surface area (Å²) in [4.78, 5) is 2.06. The smallest absolute Gasteiger partial charge is 0.151 e. The SMILES string of the molecule is CN(Cc1ccc(O)c(Br)c1)C1CCS(=O)(=O)C1. The van der Waals surface area contributed by atoms with Crippen LogP contribution in [0.25, 0.3) is 0 Å². The van der Waals surface area contributed by atoms with Crippen molar-refractivity contribution in [2.45, 2.75) is 19.0 Å². The number of sulfone groups is 1. The third kappa shape index (κ3) is 3.24. The molecule has 1 heterocycles. The van der Waals surface area contributed by atoms with Crippen LogP contribution >= 0.6 is 15.9 Å². The minimum atomic E-state index is -2.84. The zero-order valence-corrected chi connectivity index (χ0v) is 12.5. The van der Waals surface area contributed by atoms with E-state index in [-0.39, 0.29) is 17.5 Å². The van der Waals surface area contributed by atoms with Gasteiger partial charge in [-0.3, -0.25) is 4.90 Å². The van der Waals surface area contributed by atoms with E-state index in [0.29, 0.717) is 23.2 Å². The third-order valence-electron chi connectivity index (χ3n) is 3.28. The van der Waals surface area contributed by atoms with Gasteiger partial charge in [0.15, 0.2) is 9.84 Å². The fourth-order valence-electron chi connectivity index (χ4n) is 2.19. The third-order valence-corrected chi connectivity index (χ3v) is 5.66. The first-order valence-electron chi connectivity index (χ1n) is 5.75. The van der Waals surface area contributed by atoms with Crippen LogP contribution in [0.1, 0.15) is 12.0 Å².